The fourth-order valence-electron chi connectivity index (χ4n) is 7.26. The molecule has 0 bridgehead atoms. The first-order valence-electron chi connectivity index (χ1n) is 16.0. The van der Waals surface area contributed by atoms with Gasteiger partial charge in [-0.15, -0.1) is 0 Å². The number of aliphatic hydroxyl groups is 1. The molecule has 1 aliphatic carbocycles. The van der Waals surface area contributed by atoms with E-state index in [1.165, 1.54) is 49.7 Å². The molecule has 0 heterocycles. The van der Waals surface area contributed by atoms with Gasteiger partial charge >= 0.3 is 0 Å². The lowest BCUT2D eigenvalue weighted by atomic mass is 9.66. The molecule has 0 saturated carbocycles. The van der Waals surface area contributed by atoms with Gasteiger partial charge in [0.25, 0.3) is 0 Å². The fourth-order valence-corrected chi connectivity index (χ4v) is 7.26. The minimum atomic E-state index is -0.736. The molecule has 7 aromatic carbocycles. The van der Waals surface area contributed by atoms with E-state index in [1.54, 1.807) is 7.11 Å². The Balaban J connectivity index is 1.18. The Morgan fingerprint density at radius 2 is 1.09 bits per heavy atom. The van der Waals surface area contributed by atoms with Crippen LogP contribution in [0.2, 0.25) is 0 Å². The number of methoxy groups -OCH3 is 1. The second-order valence-electron chi connectivity index (χ2n) is 12.2. The molecule has 0 amide bonds. The molecule has 0 aromatic heterocycles. The third-order valence-corrected chi connectivity index (χ3v) is 9.56. The monoisotopic (exact) mass is 610 g/mol. The van der Waals surface area contributed by atoms with E-state index in [-0.39, 0.29) is 0 Å². The van der Waals surface area contributed by atoms with E-state index in [1.807, 2.05) is 48.5 Å². The first-order chi connectivity index (χ1) is 23.1. The Morgan fingerprint density at radius 1 is 0.532 bits per heavy atom. The maximum Gasteiger partial charge on any atom is 0.127 e. The quantitative estimate of drug-likeness (QED) is 0.195. The van der Waals surface area contributed by atoms with E-state index < -0.39 is 11.5 Å². The minimum Gasteiger partial charge on any atom is -0.497 e. The number of aryl methyl sites for hydroxylation is 1. The SMILES string of the molecule is COc1ccc(C(O)c2ccc(Oc3ccc(C4(c5ccc(C)cc5)c5ccccc5-c5ccc6ccccc6c54)cc3)cc2)cc1. The van der Waals surface area contributed by atoms with Crippen LogP contribution in [-0.4, -0.2) is 12.2 Å². The summed E-state index contributed by atoms with van der Waals surface area (Å²) in [7, 11) is 1.63. The van der Waals surface area contributed by atoms with E-state index >= 15 is 0 Å². The van der Waals surface area contributed by atoms with Crippen molar-refractivity contribution in [1.82, 2.24) is 0 Å². The smallest absolute Gasteiger partial charge is 0.127 e. The summed E-state index contributed by atoms with van der Waals surface area (Å²) >= 11 is 0. The van der Waals surface area contributed by atoms with Crippen molar-refractivity contribution in [3.63, 3.8) is 0 Å². The number of hydrogen-bond acceptors (Lipinski definition) is 3. The van der Waals surface area contributed by atoms with Crippen LogP contribution in [0.1, 0.15) is 45.0 Å². The van der Waals surface area contributed by atoms with E-state index in [0.717, 1.165) is 22.6 Å². The summed E-state index contributed by atoms with van der Waals surface area (Å²) in [5, 5.41) is 13.4. The van der Waals surface area contributed by atoms with Gasteiger partial charge in [-0.1, -0.05) is 127 Å². The number of ether oxygens (including phenoxy) is 2. The molecule has 0 spiro atoms. The number of hydrogen-bond donors (Lipinski definition) is 1. The molecule has 0 aliphatic heterocycles. The van der Waals surface area contributed by atoms with Crippen LogP contribution in [0.5, 0.6) is 17.2 Å². The fraction of sp³-hybridized carbons (Fsp3) is 0.0909. The topological polar surface area (TPSA) is 38.7 Å². The zero-order valence-electron chi connectivity index (χ0n) is 26.4. The van der Waals surface area contributed by atoms with E-state index in [2.05, 4.69) is 116 Å². The molecule has 228 valence electrons. The largest absolute Gasteiger partial charge is 0.497 e. The second-order valence-corrected chi connectivity index (χ2v) is 12.2. The molecular formula is C44H34O3. The second kappa shape index (κ2) is 11.6. The molecule has 3 nitrogen and oxygen atoms in total. The van der Waals surface area contributed by atoms with Gasteiger partial charge in [0.1, 0.15) is 23.4 Å². The third kappa shape index (κ3) is 4.79. The maximum absolute atomic E-state index is 10.9. The van der Waals surface area contributed by atoms with Crippen molar-refractivity contribution in [3.05, 3.63) is 197 Å². The van der Waals surface area contributed by atoms with Crippen LogP contribution < -0.4 is 9.47 Å². The van der Waals surface area contributed by atoms with Gasteiger partial charge in [-0.25, -0.2) is 0 Å². The first-order valence-corrected chi connectivity index (χ1v) is 16.0. The van der Waals surface area contributed by atoms with Crippen LogP contribution >= 0.6 is 0 Å². The molecule has 2 unspecified atom stereocenters. The molecule has 0 saturated heterocycles. The Bertz CT molecular complexity index is 2200. The molecule has 0 radical (unpaired) electrons. The van der Waals surface area contributed by atoms with E-state index in [9.17, 15) is 5.11 Å². The summed E-state index contributed by atoms with van der Waals surface area (Å²) in [4.78, 5) is 0. The van der Waals surface area contributed by atoms with Gasteiger partial charge in [-0.2, -0.15) is 0 Å². The molecule has 47 heavy (non-hydrogen) atoms. The predicted molar refractivity (Wildman–Crippen MR) is 190 cm³/mol. The first kappa shape index (κ1) is 28.8. The van der Waals surface area contributed by atoms with Crippen LogP contribution in [0.15, 0.2) is 158 Å². The van der Waals surface area contributed by atoms with Crippen molar-refractivity contribution in [2.75, 3.05) is 7.11 Å². The van der Waals surface area contributed by atoms with Gasteiger partial charge < -0.3 is 14.6 Å². The average Bonchev–Trinajstić information content (AvgIpc) is 3.44. The molecule has 7 aromatic rings. The molecule has 1 N–H and O–H groups in total. The van der Waals surface area contributed by atoms with Crippen LogP contribution in [0.4, 0.5) is 0 Å². The molecule has 8 rings (SSSR count). The van der Waals surface area contributed by atoms with Crippen LogP contribution in [0, 0.1) is 6.92 Å². The number of rotatable bonds is 7. The zero-order valence-corrected chi connectivity index (χ0v) is 26.4. The van der Waals surface area contributed by atoms with E-state index in [4.69, 9.17) is 9.47 Å². The normalized spacial score (nSPS) is 15.6. The van der Waals surface area contributed by atoms with Crippen molar-refractivity contribution in [2.24, 2.45) is 0 Å². The standard InChI is InChI=1S/C44H34O3/c1-29-11-18-33(19-12-29)44(41-10-6-5-9-39(41)40-28-17-30-7-3-4-8-38(30)42(40)44)34-20-26-37(27-21-34)47-36-24-15-32(16-25-36)43(45)31-13-22-35(46-2)23-14-31/h3-28,43,45H,1-2H3. The van der Waals surface area contributed by atoms with Crippen molar-refractivity contribution in [1.29, 1.82) is 0 Å². The van der Waals surface area contributed by atoms with Crippen LogP contribution in [-0.2, 0) is 5.41 Å². The van der Waals surface area contributed by atoms with Gasteiger partial charge in [-0.3, -0.25) is 0 Å². The van der Waals surface area contributed by atoms with E-state index in [0.29, 0.717) is 5.75 Å². The Kier molecular flexibility index (Phi) is 7.12. The van der Waals surface area contributed by atoms with Crippen molar-refractivity contribution in [3.8, 4) is 28.4 Å². The Morgan fingerprint density at radius 3 is 1.74 bits per heavy atom. The molecular weight excluding hydrogens is 576 g/mol. The van der Waals surface area contributed by atoms with Gasteiger partial charge in [0.2, 0.25) is 0 Å². The third-order valence-electron chi connectivity index (χ3n) is 9.56. The highest BCUT2D eigenvalue weighted by Gasteiger charge is 2.47. The summed E-state index contributed by atoms with van der Waals surface area (Å²) in [6.45, 7) is 2.14. The molecule has 1 aliphatic rings. The highest BCUT2D eigenvalue weighted by Crippen LogP contribution is 2.58. The van der Waals surface area contributed by atoms with Crippen molar-refractivity contribution in [2.45, 2.75) is 18.4 Å². The highest BCUT2D eigenvalue weighted by atomic mass is 16.5. The number of aliphatic hydroxyl groups excluding tert-OH is 1. The lowest BCUT2D eigenvalue weighted by Gasteiger charge is -2.35. The molecule has 3 heteroatoms. The van der Waals surface area contributed by atoms with Crippen LogP contribution in [0.25, 0.3) is 21.9 Å². The van der Waals surface area contributed by atoms with Crippen molar-refractivity contribution >= 4 is 10.8 Å². The Labute approximate surface area is 275 Å². The lowest BCUT2D eigenvalue weighted by molar-refractivity contribution is 0.220. The highest BCUT2D eigenvalue weighted by molar-refractivity contribution is 6.00. The summed E-state index contributed by atoms with van der Waals surface area (Å²) < 4.78 is 11.6. The molecule has 2 atom stereocenters. The lowest BCUT2D eigenvalue weighted by Crippen LogP contribution is -2.28. The number of benzene rings is 7. The van der Waals surface area contributed by atoms with Crippen molar-refractivity contribution < 1.29 is 14.6 Å². The summed E-state index contributed by atoms with van der Waals surface area (Å²) in [5.41, 5.74) is 9.92. The molecule has 0 fully saturated rings. The average molecular weight is 611 g/mol. The summed E-state index contributed by atoms with van der Waals surface area (Å²) in [6, 6.07) is 54.7. The maximum atomic E-state index is 10.9. The number of fused-ring (bicyclic) bond motifs is 5. The summed E-state index contributed by atoms with van der Waals surface area (Å²) in [6.07, 6.45) is -0.736. The van der Waals surface area contributed by atoms with Gasteiger partial charge in [-0.05, 0) is 98.6 Å². The van der Waals surface area contributed by atoms with Gasteiger partial charge in [0, 0.05) is 0 Å². The zero-order chi connectivity index (χ0) is 32.0. The van der Waals surface area contributed by atoms with Gasteiger partial charge in [0.15, 0.2) is 0 Å². The minimum absolute atomic E-state index is 0.502. The Hall–Kier alpha value is -5.64. The van der Waals surface area contributed by atoms with Crippen LogP contribution in [0.3, 0.4) is 0 Å². The summed E-state index contributed by atoms with van der Waals surface area (Å²) in [5.74, 6) is 2.22. The van der Waals surface area contributed by atoms with Gasteiger partial charge in [0.05, 0.1) is 12.5 Å². The predicted octanol–water partition coefficient (Wildman–Crippen LogP) is 10.4.